The van der Waals surface area contributed by atoms with Crippen molar-refractivity contribution in [1.29, 1.82) is 0 Å². The van der Waals surface area contributed by atoms with E-state index in [2.05, 4.69) is 0 Å². The summed E-state index contributed by atoms with van der Waals surface area (Å²) >= 11 is 0. The van der Waals surface area contributed by atoms with E-state index in [1.807, 2.05) is 19.9 Å². The Kier molecular flexibility index (Phi) is 1.80. The van der Waals surface area contributed by atoms with E-state index in [0.29, 0.717) is 0 Å². The molecule has 0 unspecified atom stereocenters. The SMILES string of the molecule is CC(C)=CC1CC(F)(F)C1. The minimum atomic E-state index is -2.36. The minimum absolute atomic E-state index is 0.0537. The third-order valence-corrected chi connectivity index (χ3v) is 1.69. The monoisotopic (exact) mass is 146 g/mol. The number of hydrogen-bond acceptors (Lipinski definition) is 0. The first-order valence-electron chi connectivity index (χ1n) is 3.52. The van der Waals surface area contributed by atoms with E-state index < -0.39 is 5.92 Å². The Morgan fingerprint density at radius 2 is 1.90 bits per heavy atom. The zero-order valence-corrected chi connectivity index (χ0v) is 6.32. The molecular weight excluding hydrogens is 134 g/mol. The van der Waals surface area contributed by atoms with Crippen LogP contribution in [0.25, 0.3) is 0 Å². The summed E-state index contributed by atoms with van der Waals surface area (Å²) in [6.45, 7) is 3.88. The average Bonchev–Trinajstić information content (AvgIpc) is 1.57. The molecule has 1 rings (SSSR count). The Morgan fingerprint density at radius 3 is 2.20 bits per heavy atom. The maximum atomic E-state index is 12.2. The highest BCUT2D eigenvalue weighted by Gasteiger charge is 2.43. The zero-order valence-electron chi connectivity index (χ0n) is 6.32. The lowest BCUT2D eigenvalue weighted by Crippen LogP contribution is -2.34. The van der Waals surface area contributed by atoms with Crippen LogP contribution < -0.4 is 0 Å². The maximum Gasteiger partial charge on any atom is 0.249 e. The molecule has 10 heavy (non-hydrogen) atoms. The number of alkyl halides is 2. The predicted octanol–water partition coefficient (Wildman–Crippen LogP) is 3.00. The summed E-state index contributed by atoms with van der Waals surface area (Å²) in [6, 6.07) is 0. The van der Waals surface area contributed by atoms with E-state index in [0.717, 1.165) is 5.57 Å². The van der Waals surface area contributed by atoms with Gasteiger partial charge in [0.15, 0.2) is 0 Å². The second-order valence-corrected chi connectivity index (χ2v) is 3.27. The quantitative estimate of drug-likeness (QED) is 0.499. The largest absolute Gasteiger partial charge is 0.249 e. The number of rotatable bonds is 1. The molecule has 0 N–H and O–H groups in total. The molecule has 0 aromatic heterocycles. The van der Waals surface area contributed by atoms with Crippen LogP contribution in [-0.4, -0.2) is 5.92 Å². The van der Waals surface area contributed by atoms with E-state index >= 15 is 0 Å². The van der Waals surface area contributed by atoms with Crippen molar-refractivity contribution in [3.63, 3.8) is 0 Å². The molecule has 0 saturated heterocycles. The Hall–Kier alpha value is -0.400. The normalized spacial score (nSPS) is 23.6. The van der Waals surface area contributed by atoms with Gasteiger partial charge < -0.3 is 0 Å². The Balaban J connectivity index is 2.34. The van der Waals surface area contributed by atoms with Gasteiger partial charge in [0.05, 0.1) is 0 Å². The van der Waals surface area contributed by atoms with Crippen molar-refractivity contribution in [2.24, 2.45) is 5.92 Å². The predicted molar refractivity (Wildman–Crippen MR) is 37.1 cm³/mol. The van der Waals surface area contributed by atoms with E-state index in [1.54, 1.807) is 0 Å². The van der Waals surface area contributed by atoms with Crippen molar-refractivity contribution in [3.05, 3.63) is 11.6 Å². The molecule has 0 radical (unpaired) electrons. The van der Waals surface area contributed by atoms with Crippen molar-refractivity contribution in [2.45, 2.75) is 32.6 Å². The lowest BCUT2D eigenvalue weighted by Gasteiger charge is -2.33. The zero-order chi connectivity index (χ0) is 7.78. The van der Waals surface area contributed by atoms with Crippen LogP contribution in [0.1, 0.15) is 26.7 Å². The van der Waals surface area contributed by atoms with Crippen LogP contribution in [0.5, 0.6) is 0 Å². The van der Waals surface area contributed by atoms with Gasteiger partial charge in [0.2, 0.25) is 5.92 Å². The van der Waals surface area contributed by atoms with Crippen molar-refractivity contribution < 1.29 is 8.78 Å². The maximum absolute atomic E-state index is 12.2. The smallest absolute Gasteiger partial charge is 0.207 e. The van der Waals surface area contributed by atoms with E-state index in [9.17, 15) is 8.78 Å². The highest BCUT2D eigenvalue weighted by Crippen LogP contribution is 2.43. The van der Waals surface area contributed by atoms with Gasteiger partial charge in [0.25, 0.3) is 0 Å². The molecule has 0 amide bonds. The highest BCUT2D eigenvalue weighted by molar-refractivity contribution is 5.04. The van der Waals surface area contributed by atoms with Crippen LogP contribution in [0, 0.1) is 5.92 Å². The fourth-order valence-electron chi connectivity index (χ4n) is 1.30. The van der Waals surface area contributed by atoms with Gasteiger partial charge in [-0.05, 0) is 19.8 Å². The highest BCUT2D eigenvalue weighted by atomic mass is 19.3. The Morgan fingerprint density at radius 1 is 1.40 bits per heavy atom. The van der Waals surface area contributed by atoms with Gasteiger partial charge in [-0.25, -0.2) is 8.78 Å². The van der Waals surface area contributed by atoms with Crippen molar-refractivity contribution >= 4 is 0 Å². The molecule has 1 saturated carbocycles. The van der Waals surface area contributed by atoms with Crippen LogP contribution >= 0.6 is 0 Å². The Labute approximate surface area is 59.9 Å². The molecule has 0 aromatic carbocycles. The summed E-state index contributed by atoms with van der Waals surface area (Å²) < 4.78 is 24.4. The topological polar surface area (TPSA) is 0 Å². The molecule has 0 aromatic rings. The van der Waals surface area contributed by atoms with Gasteiger partial charge in [-0.1, -0.05) is 11.6 Å². The van der Waals surface area contributed by atoms with Gasteiger partial charge in [-0.15, -0.1) is 0 Å². The third kappa shape index (κ3) is 1.79. The van der Waals surface area contributed by atoms with E-state index in [1.165, 1.54) is 0 Å². The minimum Gasteiger partial charge on any atom is -0.207 e. The molecule has 0 nitrogen and oxygen atoms in total. The first-order chi connectivity index (χ1) is 4.49. The number of hydrogen-bond donors (Lipinski definition) is 0. The standard InChI is InChI=1S/C8H12F2/c1-6(2)3-7-4-8(9,10)5-7/h3,7H,4-5H2,1-2H3. The second kappa shape index (κ2) is 2.33. The molecule has 1 aliphatic rings. The van der Waals surface area contributed by atoms with E-state index in [4.69, 9.17) is 0 Å². The summed E-state index contributed by atoms with van der Waals surface area (Å²) in [5, 5.41) is 0. The molecule has 0 aliphatic heterocycles. The van der Waals surface area contributed by atoms with Gasteiger partial charge in [-0.3, -0.25) is 0 Å². The third-order valence-electron chi connectivity index (χ3n) is 1.69. The fraction of sp³-hybridized carbons (Fsp3) is 0.750. The van der Waals surface area contributed by atoms with Crippen LogP contribution in [0.3, 0.4) is 0 Å². The van der Waals surface area contributed by atoms with Gasteiger partial charge >= 0.3 is 0 Å². The summed E-state index contributed by atoms with van der Waals surface area (Å²) in [4.78, 5) is 0. The molecule has 1 aliphatic carbocycles. The molecule has 2 heteroatoms. The number of halogens is 2. The molecule has 0 heterocycles. The van der Waals surface area contributed by atoms with Crippen LogP contribution in [0.15, 0.2) is 11.6 Å². The van der Waals surface area contributed by atoms with Crippen LogP contribution in [-0.2, 0) is 0 Å². The van der Waals surface area contributed by atoms with E-state index in [-0.39, 0.29) is 18.8 Å². The second-order valence-electron chi connectivity index (χ2n) is 3.27. The lowest BCUT2D eigenvalue weighted by molar-refractivity contribution is -0.0964. The van der Waals surface area contributed by atoms with Gasteiger partial charge in [0, 0.05) is 12.8 Å². The molecule has 0 bridgehead atoms. The van der Waals surface area contributed by atoms with Gasteiger partial charge in [0.1, 0.15) is 0 Å². The summed E-state index contributed by atoms with van der Waals surface area (Å²) in [5.74, 6) is -2.23. The fourth-order valence-corrected chi connectivity index (χ4v) is 1.30. The molecule has 1 fully saturated rings. The van der Waals surface area contributed by atoms with Gasteiger partial charge in [-0.2, -0.15) is 0 Å². The molecule has 0 spiro atoms. The number of allylic oxidation sites excluding steroid dienone is 2. The van der Waals surface area contributed by atoms with Crippen LogP contribution in [0.2, 0.25) is 0 Å². The molecule has 0 atom stereocenters. The van der Waals surface area contributed by atoms with Crippen molar-refractivity contribution in [3.8, 4) is 0 Å². The first-order valence-corrected chi connectivity index (χ1v) is 3.52. The average molecular weight is 146 g/mol. The molecule has 58 valence electrons. The lowest BCUT2D eigenvalue weighted by atomic mass is 9.80. The summed E-state index contributed by atoms with van der Waals surface area (Å²) in [5.41, 5.74) is 1.14. The van der Waals surface area contributed by atoms with Crippen molar-refractivity contribution in [2.75, 3.05) is 0 Å². The van der Waals surface area contributed by atoms with Crippen molar-refractivity contribution in [1.82, 2.24) is 0 Å². The summed E-state index contributed by atoms with van der Waals surface area (Å²) in [7, 11) is 0. The molecular formula is C8H12F2. The van der Waals surface area contributed by atoms with Crippen LogP contribution in [0.4, 0.5) is 8.78 Å². The Bertz CT molecular complexity index is 147. The first kappa shape index (κ1) is 7.70. The summed E-state index contributed by atoms with van der Waals surface area (Å²) in [6.07, 6.45) is 2.04.